The van der Waals surface area contributed by atoms with E-state index >= 15 is 0 Å². The van der Waals surface area contributed by atoms with Gasteiger partial charge < -0.3 is 9.53 Å². The predicted molar refractivity (Wildman–Crippen MR) is 97.1 cm³/mol. The molecule has 4 heteroatoms. The Morgan fingerprint density at radius 3 is 2.30 bits per heavy atom. The van der Waals surface area contributed by atoms with Crippen molar-refractivity contribution in [2.75, 3.05) is 6.61 Å². The Hall–Kier alpha value is -1.57. The van der Waals surface area contributed by atoms with Crippen LogP contribution in [0.4, 0.5) is 0 Å². The van der Waals surface area contributed by atoms with Crippen LogP contribution in [0.25, 0.3) is 0 Å². The monoisotopic (exact) mass is 332 g/mol. The van der Waals surface area contributed by atoms with Crippen molar-refractivity contribution < 1.29 is 14.3 Å². The van der Waals surface area contributed by atoms with Crippen LogP contribution in [0.1, 0.15) is 45.6 Å². The van der Waals surface area contributed by atoms with Crippen molar-refractivity contribution in [2.24, 2.45) is 0 Å². The summed E-state index contributed by atoms with van der Waals surface area (Å²) < 4.78 is 6.21. The molecule has 1 N–H and O–H groups in total. The lowest BCUT2D eigenvalue weighted by Crippen LogP contribution is -2.43. The molecular formula is C19H28O3Si. The number of carbonyl (C=O) groups is 1. The maximum absolute atomic E-state index is 11.6. The molecular weight excluding hydrogens is 304 g/mol. The van der Waals surface area contributed by atoms with Gasteiger partial charge in [0, 0.05) is 18.6 Å². The van der Waals surface area contributed by atoms with Crippen LogP contribution in [0.15, 0.2) is 24.3 Å². The summed E-state index contributed by atoms with van der Waals surface area (Å²) in [5.41, 5.74) is 0.808. The second kappa shape index (κ2) is 8.33. The maximum atomic E-state index is 11.6. The Morgan fingerprint density at radius 1 is 1.17 bits per heavy atom. The highest BCUT2D eigenvalue weighted by atomic mass is 28.4. The topological polar surface area (TPSA) is 46.5 Å². The lowest BCUT2D eigenvalue weighted by Gasteiger charge is -2.36. The van der Waals surface area contributed by atoms with Crippen molar-refractivity contribution in [1.29, 1.82) is 0 Å². The van der Waals surface area contributed by atoms with Crippen LogP contribution < -0.4 is 4.43 Å². The Kier molecular flexibility index (Phi) is 7.05. The number of rotatable bonds is 6. The van der Waals surface area contributed by atoms with Crippen LogP contribution in [-0.4, -0.2) is 25.8 Å². The molecule has 0 spiro atoms. The van der Waals surface area contributed by atoms with E-state index in [1.54, 1.807) is 0 Å². The smallest absolute Gasteiger partial charge is 0.250 e. The number of Topliss-reactive ketones (excluding diaryl/α,β-unsaturated/α-hetero) is 1. The highest BCUT2D eigenvalue weighted by molar-refractivity contribution is 6.74. The van der Waals surface area contributed by atoms with Crippen LogP contribution >= 0.6 is 0 Å². The van der Waals surface area contributed by atoms with Crippen LogP contribution in [0.5, 0.6) is 5.75 Å². The molecule has 0 bridgehead atoms. The van der Waals surface area contributed by atoms with Crippen LogP contribution in [-0.2, 0) is 4.79 Å². The quantitative estimate of drug-likeness (QED) is 0.483. The minimum Gasteiger partial charge on any atom is -0.544 e. The summed E-state index contributed by atoms with van der Waals surface area (Å²) in [6, 6.07) is 7.61. The first-order chi connectivity index (χ1) is 10.7. The van der Waals surface area contributed by atoms with Crippen LogP contribution in [0, 0.1) is 11.8 Å². The molecule has 1 aromatic rings. The minimum absolute atomic E-state index is 0.0833. The third-order valence-electron chi connectivity index (χ3n) is 4.19. The van der Waals surface area contributed by atoms with Crippen molar-refractivity contribution in [3.8, 4) is 17.6 Å². The van der Waals surface area contributed by atoms with Gasteiger partial charge in [-0.2, -0.15) is 0 Å². The van der Waals surface area contributed by atoms with Crippen molar-refractivity contribution in [3.63, 3.8) is 0 Å². The van der Waals surface area contributed by atoms with E-state index in [4.69, 9.17) is 9.53 Å². The number of ketones is 1. The summed E-state index contributed by atoms with van der Waals surface area (Å²) in [6.07, 6.45) is 1.73. The summed E-state index contributed by atoms with van der Waals surface area (Å²) in [5.74, 6) is 6.31. The van der Waals surface area contributed by atoms with Crippen molar-refractivity contribution >= 4 is 14.1 Å². The largest absolute Gasteiger partial charge is 0.544 e. The molecule has 0 aliphatic rings. The van der Waals surface area contributed by atoms with E-state index in [1.807, 2.05) is 24.3 Å². The molecule has 0 heterocycles. The third-order valence-corrected chi connectivity index (χ3v) is 8.55. The van der Waals surface area contributed by atoms with Crippen molar-refractivity contribution in [2.45, 2.75) is 58.2 Å². The lowest BCUT2D eigenvalue weighted by atomic mass is 10.1. The van der Waals surface area contributed by atoms with Gasteiger partial charge in [-0.05, 0) is 61.2 Å². The molecule has 0 amide bonds. The highest BCUT2D eigenvalue weighted by Crippen LogP contribution is 2.37. The highest BCUT2D eigenvalue weighted by Gasteiger charge is 2.38. The Balaban J connectivity index is 2.66. The normalized spacial score (nSPS) is 11.6. The molecule has 0 aromatic heterocycles. The van der Waals surface area contributed by atoms with E-state index in [2.05, 4.69) is 45.7 Å². The van der Waals surface area contributed by atoms with Gasteiger partial charge in [0.1, 0.15) is 5.75 Å². The fourth-order valence-corrected chi connectivity index (χ4v) is 2.69. The molecule has 1 rings (SSSR count). The second-order valence-electron chi connectivity index (χ2n) is 7.24. The first-order valence-electron chi connectivity index (χ1n) is 8.10. The second-order valence-corrected chi connectivity index (χ2v) is 12.0. The zero-order valence-corrected chi connectivity index (χ0v) is 15.9. The molecule has 0 radical (unpaired) electrons. The molecule has 0 atom stereocenters. The SMILES string of the molecule is CC(C)(C)[Si](C)(C)Oc1ccc(C#CC(=O)CCCCO)cc1. The zero-order chi connectivity index (χ0) is 17.5. The Labute approximate surface area is 141 Å². The molecule has 0 unspecified atom stereocenters. The maximum Gasteiger partial charge on any atom is 0.250 e. The van der Waals surface area contributed by atoms with E-state index < -0.39 is 8.32 Å². The molecule has 0 aliphatic heterocycles. The van der Waals surface area contributed by atoms with Crippen LogP contribution in [0.2, 0.25) is 18.1 Å². The van der Waals surface area contributed by atoms with E-state index in [-0.39, 0.29) is 17.4 Å². The van der Waals surface area contributed by atoms with Gasteiger partial charge >= 0.3 is 0 Å². The lowest BCUT2D eigenvalue weighted by molar-refractivity contribution is -0.113. The van der Waals surface area contributed by atoms with Crippen molar-refractivity contribution in [1.82, 2.24) is 0 Å². The van der Waals surface area contributed by atoms with Gasteiger partial charge in [-0.25, -0.2) is 0 Å². The van der Waals surface area contributed by atoms with Gasteiger partial charge in [-0.1, -0.05) is 26.7 Å². The summed E-state index contributed by atoms with van der Waals surface area (Å²) in [7, 11) is -1.83. The number of carbonyl (C=O) groups excluding carboxylic acids is 1. The number of benzene rings is 1. The van der Waals surface area contributed by atoms with Crippen LogP contribution in [0.3, 0.4) is 0 Å². The first-order valence-corrected chi connectivity index (χ1v) is 11.0. The molecule has 3 nitrogen and oxygen atoms in total. The average Bonchev–Trinajstić information content (AvgIpc) is 2.45. The fraction of sp³-hybridized carbons (Fsp3) is 0.526. The molecule has 1 aromatic carbocycles. The summed E-state index contributed by atoms with van der Waals surface area (Å²) in [5, 5.41) is 8.85. The number of hydrogen-bond donors (Lipinski definition) is 1. The number of unbranched alkanes of at least 4 members (excludes halogenated alkanes) is 1. The zero-order valence-electron chi connectivity index (χ0n) is 14.9. The van der Waals surface area contributed by atoms with E-state index in [0.29, 0.717) is 19.3 Å². The number of aliphatic hydroxyl groups is 1. The molecule has 23 heavy (non-hydrogen) atoms. The van der Waals surface area contributed by atoms with Gasteiger partial charge in [0.2, 0.25) is 14.1 Å². The summed E-state index contributed by atoms with van der Waals surface area (Å²) >= 11 is 0. The average molecular weight is 333 g/mol. The summed E-state index contributed by atoms with van der Waals surface area (Å²) in [4.78, 5) is 11.6. The van der Waals surface area contributed by atoms with Crippen molar-refractivity contribution in [3.05, 3.63) is 29.8 Å². The Morgan fingerprint density at radius 2 is 1.78 bits per heavy atom. The molecule has 0 saturated carbocycles. The third kappa shape index (κ3) is 6.60. The Bertz CT molecular complexity index is 571. The predicted octanol–water partition coefficient (Wildman–Crippen LogP) is 4.15. The van der Waals surface area contributed by atoms with Gasteiger partial charge in [-0.15, -0.1) is 0 Å². The summed E-state index contributed by atoms with van der Waals surface area (Å²) in [6.45, 7) is 11.2. The fourth-order valence-electron chi connectivity index (χ4n) is 1.66. The van der Waals surface area contributed by atoms with Gasteiger partial charge in [0.15, 0.2) is 0 Å². The molecule has 0 saturated heterocycles. The molecule has 0 aliphatic carbocycles. The molecule has 126 valence electrons. The molecule has 0 fully saturated rings. The number of aliphatic hydroxyl groups excluding tert-OH is 1. The van der Waals surface area contributed by atoms with Gasteiger partial charge in [0.25, 0.3) is 0 Å². The van der Waals surface area contributed by atoms with E-state index in [1.165, 1.54) is 0 Å². The standard InChI is InChI=1S/C19H28O3Si/c1-19(2,3)23(4,5)22-18-13-10-16(11-14-18)9-12-17(21)8-6-7-15-20/h10-11,13-14,20H,6-8,15H2,1-5H3. The van der Waals surface area contributed by atoms with Gasteiger partial charge in [0.05, 0.1) is 0 Å². The van der Waals surface area contributed by atoms with Gasteiger partial charge in [-0.3, -0.25) is 4.79 Å². The first kappa shape index (κ1) is 19.5. The number of hydrogen-bond acceptors (Lipinski definition) is 3. The van der Waals surface area contributed by atoms with E-state index in [9.17, 15) is 4.79 Å². The minimum atomic E-state index is -1.83. The van der Waals surface area contributed by atoms with E-state index in [0.717, 1.165) is 11.3 Å².